The van der Waals surface area contributed by atoms with Gasteiger partial charge in [0, 0.05) is 16.4 Å². The van der Waals surface area contributed by atoms with Crippen molar-refractivity contribution in [3.8, 4) is 0 Å². The van der Waals surface area contributed by atoms with Crippen molar-refractivity contribution in [3.05, 3.63) is 57.6 Å². The maximum atomic E-state index is 12.1. The Labute approximate surface area is 121 Å². The van der Waals surface area contributed by atoms with Gasteiger partial charge >= 0.3 is 0 Å². The number of hydrogen-bond donors (Lipinski definition) is 2. The second kappa shape index (κ2) is 5.51. The van der Waals surface area contributed by atoms with E-state index in [1.165, 1.54) is 6.07 Å². The standard InChI is InChI=1S/C14H12Cl2N2O/c1-8-2-4-10(7-13(8)17)18-14(19)11-5-3-9(15)6-12(11)16/h2-7H,17H2,1H3,(H,18,19). The molecule has 3 nitrogen and oxygen atoms in total. The van der Waals surface area contributed by atoms with Crippen molar-refractivity contribution >= 4 is 40.5 Å². The predicted octanol–water partition coefficient (Wildman–Crippen LogP) is 4.14. The van der Waals surface area contributed by atoms with Gasteiger partial charge in [-0.1, -0.05) is 29.3 Å². The summed E-state index contributed by atoms with van der Waals surface area (Å²) in [6, 6.07) is 10.1. The van der Waals surface area contributed by atoms with Crippen molar-refractivity contribution in [1.29, 1.82) is 0 Å². The lowest BCUT2D eigenvalue weighted by Crippen LogP contribution is -2.12. The van der Waals surface area contributed by atoms with Gasteiger partial charge in [-0.3, -0.25) is 4.79 Å². The van der Waals surface area contributed by atoms with Crippen LogP contribution in [0.25, 0.3) is 0 Å². The van der Waals surface area contributed by atoms with Crippen LogP contribution in [0, 0.1) is 6.92 Å². The molecule has 0 saturated heterocycles. The molecule has 98 valence electrons. The van der Waals surface area contributed by atoms with Gasteiger partial charge in [-0.15, -0.1) is 0 Å². The molecular formula is C14H12Cl2N2O. The molecule has 2 rings (SSSR count). The van der Waals surface area contributed by atoms with E-state index in [0.29, 0.717) is 27.0 Å². The smallest absolute Gasteiger partial charge is 0.257 e. The van der Waals surface area contributed by atoms with E-state index in [-0.39, 0.29) is 5.91 Å². The summed E-state index contributed by atoms with van der Waals surface area (Å²) >= 11 is 11.8. The lowest BCUT2D eigenvalue weighted by molar-refractivity contribution is 0.102. The highest BCUT2D eigenvalue weighted by molar-refractivity contribution is 6.37. The average Bonchev–Trinajstić information content (AvgIpc) is 2.33. The minimum atomic E-state index is -0.301. The Morgan fingerprint density at radius 3 is 2.53 bits per heavy atom. The van der Waals surface area contributed by atoms with E-state index in [0.717, 1.165) is 5.56 Å². The highest BCUT2D eigenvalue weighted by Gasteiger charge is 2.11. The number of carbonyl (C=O) groups excluding carboxylic acids is 1. The van der Waals surface area contributed by atoms with Gasteiger partial charge in [0.25, 0.3) is 5.91 Å². The lowest BCUT2D eigenvalue weighted by atomic mass is 10.1. The van der Waals surface area contributed by atoms with Crippen LogP contribution >= 0.6 is 23.2 Å². The maximum absolute atomic E-state index is 12.1. The van der Waals surface area contributed by atoms with E-state index in [1.807, 2.05) is 13.0 Å². The molecule has 2 aromatic rings. The lowest BCUT2D eigenvalue weighted by Gasteiger charge is -2.08. The SMILES string of the molecule is Cc1ccc(NC(=O)c2ccc(Cl)cc2Cl)cc1N. The molecule has 0 unspecified atom stereocenters. The molecule has 0 aliphatic heterocycles. The van der Waals surface area contributed by atoms with Crippen molar-refractivity contribution in [2.24, 2.45) is 0 Å². The number of anilines is 2. The first-order chi connectivity index (χ1) is 8.97. The van der Waals surface area contributed by atoms with Crippen LogP contribution in [0.5, 0.6) is 0 Å². The van der Waals surface area contributed by atoms with Crippen LogP contribution in [-0.4, -0.2) is 5.91 Å². The molecule has 2 aromatic carbocycles. The highest BCUT2D eigenvalue weighted by atomic mass is 35.5. The summed E-state index contributed by atoms with van der Waals surface area (Å²) in [5.74, 6) is -0.301. The fraction of sp³-hybridized carbons (Fsp3) is 0.0714. The highest BCUT2D eigenvalue weighted by Crippen LogP contribution is 2.23. The number of nitrogen functional groups attached to an aromatic ring is 1. The zero-order valence-corrected chi connectivity index (χ0v) is 11.7. The van der Waals surface area contributed by atoms with E-state index >= 15 is 0 Å². The molecule has 0 bridgehead atoms. The second-order valence-corrected chi connectivity index (χ2v) is 4.99. The molecule has 0 fully saturated rings. The Morgan fingerprint density at radius 2 is 1.89 bits per heavy atom. The number of benzene rings is 2. The van der Waals surface area contributed by atoms with E-state index in [9.17, 15) is 4.79 Å². The first-order valence-electron chi connectivity index (χ1n) is 5.60. The third-order valence-corrected chi connectivity index (χ3v) is 3.26. The maximum Gasteiger partial charge on any atom is 0.257 e. The third kappa shape index (κ3) is 3.19. The van der Waals surface area contributed by atoms with Gasteiger partial charge < -0.3 is 11.1 Å². The monoisotopic (exact) mass is 294 g/mol. The summed E-state index contributed by atoms with van der Waals surface area (Å²) in [6.45, 7) is 1.90. The van der Waals surface area contributed by atoms with Gasteiger partial charge in [0.05, 0.1) is 10.6 Å². The summed E-state index contributed by atoms with van der Waals surface area (Å²) in [6.07, 6.45) is 0. The van der Waals surface area contributed by atoms with Gasteiger partial charge in [0.2, 0.25) is 0 Å². The summed E-state index contributed by atoms with van der Waals surface area (Å²) in [4.78, 5) is 12.1. The molecule has 0 aliphatic rings. The van der Waals surface area contributed by atoms with Crippen LogP contribution in [0.15, 0.2) is 36.4 Å². The third-order valence-electron chi connectivity index (χ3n) is 2.71. The molecule has 0 heterocycles. The number of aryl methyl sites for hydroxylation is 1. The van der Waals surface area contributed by atoms with Crippen molar-refractivity contribution in [3.63, 3.8) is 0 Å². The summed E-state index contributed by atoms with van der Waals surface area (Å²) < 4.78 is 0. The average molecular weight is 295 g/mol. The van der Waals surface area contributed by atoms with E-state index in [2.05, 4.69) is 5.32 Å². The van der Waals surface area contributed by atoms with Crippen LogP contribution in [0.2, 0.25) is 10.0 Å². The van der Waals surface area contributed by atoms with Crippen molar-refractivity contribution in [1.82, 2.24) is 0 Å². The van der Waals surface area contributed by atoms with E-state index < -0.39 is 0 Å². The molecule has 5 heteroatoms. The topological polar surface area (TPSA) is 55.1 Å². The number of rotatable bonds is 2. The van der Waals surface area contributed by atoms with Crippen LogP contribution in [-0.2, 0) is 0 Å². The molecule has 0 aliphatic carbocycles. The number of hydrogen-bond acceptors (Lipinski definition) is 2. The van der Waals surface area contributed by atoms with Gasteiger partial charge in [-0.25, -0.2) is 0 Å². The molecule has 1 amide bonds. The predicted molar refractivity (Wildman–Crippen MR) is 80.0 cm³/mol. The summed E-state index contributed by atoms with van der Waals surface area (Å²) in [5, 5.41) is 3.54. The van der Waals surface area contributed by atoms with Gasteiger partial charge in [-0.05, 0) is 42.8 Å². The molecule has 0 saturated carbocycles. The Balaban J connectivity index is 2.23. The molecule has 0 aromatic heterocycles. The van der Waals surface area contributed by atoms with Crippen LogP contribution in [0.3, 0.4) is 0 Å². The largest absolute Gasteiger partial charge is 0.398 e. The first kappa shape index (κ1) is 13.7. The van der Waals surface area contributed by atoms with E-state index in [4.69, 9.17) is 28.9 Å². The van der Waals surface area contributed by atoms with Crippen molar-refractivity contribution in [2.75, 3.05) is 11.1 Å². The second-order valence-electron chi connectivity index (χ2n) is 4.15. The first-order valence-corrected chi connectivity index (χ1v) is 6.35. The Kier molecular flexibility index (Phi) is 3.98. The summed E-state index contributed by atoms with van der Waals surface area (Å²) in [7, 11) is 0. The van der Waals surface area contributed by atoms with E-state index in [1.54, 1.807) is 24.3 Å². The van der Waals surface area contributed by atoms with Gasteiger partial charge in [0.1, 0.15) is 0 Å². The summed E-state index contributed by atoms with van der Waals surface area (Å²) in [5.41, 5.74) is 8.37. The fourth-order valence-electron chi connectivity index (χ4n) is 1.59. The Bertz CT molecular complexity index is 641. The van der Waals surface area contributed by atoms with Crippen LogP contribution in [0.1, 0.15) is 15.9 Å². The van der Waals surface area contributed by atoms with Gasteiger partial charge in [-0.2, -0.15) is 0 Å². The minimum Gasteiger partial charge on any atom is -0.398 e. The molecule has 0 radical (unpaired) electrons. The molecule has 0 atom stereocenters. The number of nitrogens with two attached hydrogens (primary N) is 1. The molecule has 3 N–H and O–H groups in total. The quantitative estimate of drug-likeness (QED) is 0.818. The van der Waals surface area contributed by atoms with Crippen LogP contribution < -0.4 is 11.1 Å². The Hall–Kier alpha value is -1.71. The number of amides is 1. The molecule has 0 spiro atoms. The van der Waals surface area contributed by atoms with Crippen molar-refractivity contribution < 1.29 is 4.79 Å². The number of halogens is 2. The van der Waals surface area contributed by atoms with Gasteiger partial charge in [0.15, 0.2) is 0 Å². The molecular weight excluding hydrogens is 283 g/mol. The van der Waals surface area contributed by atoms with Crippen molar-refractivity contribution in [2.45, 2.75) is 6.92 Å². The zero-order chi connectivity index (χ0) is 14.0. The number of nitrogens with one attached hydrogen (secondary N) is 1. The van der Waals surface area contributed by atoms with Crippen LogP contribution in [0.4, 0.5) is 11.4 Å². The normalized spacial score (nSPS) is 10.3. The fourth-order valence-corrected chi connectivity index (χ4v) is 2.08. The molecule has 19 heavy (non-hydrogen) atoms. The number of carbonyl (C=O) groups is 1. The zero-order valence-electron chi connectivity index (χ0n) is 10.2. The Morgan fingerprint density at radius 1 is 1.16 bits per heavy atom. The minimum absolute atomic E-state index is 0.301.